The Hall–Kier alpha value is -1.81. The Morgan fingerprint density at radius 1 is 1.00 bits per heavy atom. The van der Waals surface area contributed by atoms with E-state index in [-0.39, 0.29) is 5.91 Å². The second kappa shape index (κ2) is 6.97. The fourth-order valence-corrected chi connectivity index (χ4v) is 5.62. The van der Waals surface area contributed by atoms with Crippen LogP contribution < -0.4 is 0 Å². The van der Waals surface area contributed by atoms with Gasteiger partial charge in [-0.3, -0.25) is 4.79 Å². The third-order valence-corrected chi connectivity index (χ3v) is 7.22. The van der Waals surface area contributed by atoms with Crippen LogP contribution in [-0.4, -0.2) is 53.5 Å². The van der Waals surface area contributed by atoms with Crippen molar-refractivity contribution in [3.8, 4) is 0 Å². The number of aromatic nitrogens is 1. The zero-order valence-electron chi connectivity index (χ0n) is 16.5. The number of piperazine rings is 1. The number of carbonyl (C=O) groups is 1. The molecule has 2 aliphatic heterocycles. The van der Waals surface area contributed by atoms with Crippen LogP contribution >= 0.6 is 0 Å². The van der Waals surface area contributed by atoms with Crippen molar-refractivity contribution in [3.05, 3.63) is 35.5 Å². The van der Waals surface area contributed by atoms with Gasteiger partial charge in [-0.25, -0.2) is 0 Å². The highest BCUT2D eigenvalue weighted by Crippen LogP contribution is 2.42. The van der Waals surface area contributed by atoms with E-state index in [0.29, 0.717) is 6.04 Å². The molecule has 3 heterocycles. The summed E-state index contributed by atoms with van der Waals surface area (Å²) in [5.74, 6) is 1.02. The predicted octanol–water partition coefficient (Wildman–Crippen LogP) is 4.10. The third kappa shape index (κ3) is 2.98. The van der Waals surface area contributed by atoms with E-state index in [4.69, 9.17) is 0 Å². The first-order chi connectivity index (χ1) is 13.2. The minimum Gasteiger partial charge on any atom is -0.343 e. The lowest BCUT2D eigenvalue weighted by Crippen LogP contribution is -2.47. The van der Waals surface area contributed by atoms with Crippen molar-refractivity contribution in [1.82, 2.24) is 14.4 Å². The smallest absolute Gasteiger partial charge is 0.256 e. The fraction of sp³-hybridized carbons (Fsp3) is 0.609. The lowest BCUT2D eigenvalue weighted by molar-refractivity contribution is 0.0665. The molecule has 1 aromatic carbocycles. The van der Waals surface area contributed by atoms with Crippen molar-refractivity contribution in [2.45, 2.75) is 51.0 Å². The van der Waals surface area contributed by atoms with E-state index in [1.54, 1.807) is 0 Å². The number of para-hydroxylation sites is 1. The molecule has 0 radical (unpaired) electrons. The number of likely N-dealkylation sites (N-methyl/N-ethyl adjacent to an activating group) is 1. The topological polar surface area (TPSA) is 28.5 Å². The lowest BCUT2D eigenvalue weighted by atomic mass is 9.80. The van der Waals surface area contributed by atoms with Gasteiger partial charge in [-0.15, -0.1) is 0 Å². The van der Waals surface area contributed by atoms with Crippen LogP contribution in [0.5, 0.6) is 0 Å². The van der Waals surface area contributed by atoms with E-state index in [1.165, 1.54) is 55.0 Å². The van der Waals surface area contributed by atoms with Gasteiger partial charge in [0.1, 0.15) is 0 Å². The van der Waals surface area contributed by atoms with E-state index >= 15 is 0 Å². The van der Waals surface area contributed by atoms with E-state index in [1.807, 2.05) is 0 Å². The van der Waals surface area contributed by atoms with Gasteiger partial charge in [0.25, 0.3) is 5.91 Å². The van der Waals surface area contributed by atoms with Gasteiger partial charge in [-0.2, -0.15) is 0 Å². The molecule has 1 aliphatic carbocycles. The molecule has 1 unspecified atom stereocenters. The zero-order valence-corrected chi connectivity index (χ0v) is 16.5. The Morgan fingerprint density at radius 2 is 1.78 bits per heavy atom. The Labute approximate surface area is 162 Å². The summed E-state index contributed by atoms with van der Waals surface area (Å²) in [6, 6.07) is 7.16. The Bertz CT molecular complexity index is 841. The SMILES string of the molecule is CN1CCN(C(=O)c2cn3c4c(cccc24)CCC3C2CCCCC2)CC1. The zero-order chi connectivity index (χ0) is 18.4. The summed E-state index contributed by atoms with van der Waals surface area (Å²) >= 11 is 0. The average Bonchev–Trinajstić information content (AvgIpc) is 3.10. The van der Waals surface area contributed by atoms with Crippen molar-refractivity contribution in [1.29, 1.82) is 0 Å². The standard InChI is InChI=1S/C23H31N3O/c1-24-12-14-25(15-13-24)23(27)20-16-26-21(17-6-3-2-4-7-17)11-10-18-8-5-9-19(20)22(18)26/h5,8-9,16-17,21H,2-4,6-7,10-15H2,1H3. The summed E-state index contributed by atoms with van der Waals surface area (Å²) in [5.41, 5.74) is 3.70. The highest BCUT2D eigenvalue weighted by atomic mass is 16.2. The summed E-state index contributed by atoms with van der Waals surface area (Å²) in [5, 5.41) is 1.18. The molecule has 0 bridgehead atoms. The molecule has 3 aliphatic rings. The van der Waals surface area contributed by atoms with Crippen LogP contribution in [-0.2, 0) is 6.42 Å². The number of hydrogen-bond donors (Lipinski definition) is 0. The van der Waals surface area contributed by atoms with Gasteiger partial charge in [0.15, 0.2) is 0 Å². The molecule has 2 fully saturated rings. The first-order valence-electron chi connectivity index (χ1n) is 10.8. The fourth-order valence-electron chi connectivity index (χ4n) is 5.62. The summed E-state index contributed by atoms with van der Waals surface area (Å²) < 4.78 is 2.51. The summed E-state index contributed by atoms with van der Waals surface area (Å²) in [7, 11) is 2.14. The van der Waals surface area contributed by atoms with E-state index < -0.39 is 0 Å². The lowest BCUT2D eigenvalue weighted by Gasteiger charge is -2.35. The minimum atomic E-state index is 0.230. The molecule has 27 heavy (non-hydrogen) atoms. The number of carbonyl (C=O) groups excluding carboxylic acids is 1. The van der Waals surface area contributed by atoms with E-state index in [9.17, 15) is 4.79 Å². The van der Waals surface area contributed by atoms with Crippen molar-refractivity contribution >= 4 is 16.8 Å². The van der Waals surface area contributed by atoms with Crippen LogP contribution in [0.25, 0.3) is 10.9 Å². The van der Waals surface area contributed by atoms with Crippen molar-refractivity contribution < 1.29 is 4.79 Å². The van der Waals surface area contributed by atoms with Gasteiger partial charge in [0, 0.05) is 43.8 Å². The predicted molar refractivity (Wildman–Crippen MR) is 109 cm³/mol. The summed E-state index contributed by atoms with van der Waals surface area (Å²) in [6.07, 6.45) is 11.5. The van der Waals surface area contributed by atoms with Gasteiger partial charge in [0.05, 0.1) is 11.1 Å². The molecule has 1 aromatic heterocycles. The number of rotatable bonds is 2. The number of hydrogen-bond acceptors (Lipinski definition) is 2. The van der Waals surface area contributed by atoms with Crippen LogP contribution in [0.3, 0.4) is 0 Å². The Kier molecular flexibility index (Phi) is 4.47. The quantitative estimate of drug-likeness (QED) is 0.802. The van der Waals surface area contributed by atoms with Crippen LogP contribution in [0.15, 0.2) is 24.4 Å². The molecule has 0 spiro atoms. The maximum absolute atomic E-state index is 13.4. The summed E-state index contributed by atoms with van der Waals surface area (Å²) in [6.45, 7) is 3.63. The van der Waals surface area contributed by atoms with Crippen LogP contribution in [0.1, 0.15) is 60.5 Å². The van der Waals surface area contributed by atoms with Crippen LogP contribution in [0.4, 0.5) is 0 Å². The molecule has 1 saturated heterocycles. The van der Waals surface area contributed by atoms with Gasteiger partial charge in [-0.05, 0) is 44.2 Å². The first kappa shape index (κ1) is 17.3. The average molecular weight is 366 g/mol. The van der Waals surface area contributed by atoms with Gasteiger partial charge >= 0.3 is 0 Å². The number of amides is 1. The number of benzene rings is 1. The van der Waals surface area contributed by atoms with Crippen LogP contribution in [0.2, 0.25) is 0 Å². The maximum atomic E-state index is 13.4. The third-order valence-electron chi connectivity index (χ3n) is 7.22. The molecule has 4 nitrogen and oxygen atoms in total. The Balaban J connectivity index is 1.53. The molecule has 1 saturated carbocycles. The van der Waals surface area contributed by atoms with Crippen LogP contribution in [0, 0.1) is 5.92 Å². The minimum absolute atomic E-state index is 0.230. The van der Waals surface area contributed by atoms with Crippen molar-refractivity contribution in [2.75, 3.05) is 33.2 Å². The normalized spacial score (nSPS) is 24.5. The highest BCUT2D eigenvalue weighted by molar-refractivity contribution is 6.07. The van der Waals surface area contributed by atoms with Crippen molar-refractivity contribution in [3.63, 3.8) is 0 Å². The van der Waals surface area contributed by atoms with Gasteiger partial charge < -0.3 is 14.4 Å². The second-order valence-corrected chi connectivity index (χ2v) is 8.86. The molecule has 5 rings (SSSR count). The molecule has 2 aromatic rings. The van der Waals surface area contributed by atoms with E-state index in [2.05, 4.69) is 45.8 Å². The van der Waals surface area contributed by atoms with Gasteiger partial charge in [-0.1, -0.05) is 37.5 Å². The molecule has 1 atom stereocenters. The molecular weight excluding hydrogens is 334 g/mol. The number of nitrogens with zero attached hydrogens (tertiary/aromatic N) is 3. The molecular formula is C23H31N3O. The van der Waals surface area contributed by atoms with E-state index in [0.717, 1.165) is 44.1 Å². The van der Waals surface area contributed by atoms with Gasteiger partial charge in [0.2, 0.25) is 0 Å². The molecule has 144 valence electrons. The Morgan fingerprint density at radius 3 is 2.56 bits per heavy atom. The maximum Gasteiger partial charge on any atom is 0.256 e. The largest absolute Gasteiger partial charge is 0.343 e. The molecule has 0 N–H and O–H groups in total. The first-order valence-corrected chi connectivity index (χ1v) is 10.8. The highest BCUT2D eigenvalue weighted by Gasteiger charge is 2.32. The van der Waals surface area contributed by atoms with Crippen molar-refractivity contribution in [2.24, 2.45) is 5.92 Å². The second-order valence-electron chi connectivity index (χ2n) is 8.86. The number of aryl methyl sites for hydroxylation is 1. The summed E-state index contributed by atoms with van der Waals surface area (Å²) in [4.78, 5) is 17.7. The molecule has 1 amide bonds. The monoisotopic (exact) mass is 365 g/mol. The molecule has 4 heteroatoms.